The molecule has 0 unspecified atom stereocenters. The maximum atomic E-state index is 11.0. The van der Waals surface area contributed by atoms with Gasteiger partial charge in [0.2, 0.25) is 0 Å². The predicted octanol–water partition coefficient (Wildman–Crippen LogP) is 4.79. The van der Waals surface area contributed by atoms with Crippen molar-refractivity contribution in [3.05, 3.63) is 81.7 Å². The molecule has 4 aromatic rings. The minimum absolute atomic E-state index is 0.0588. The van der Waals surface area contributed by atoms with E-state index in [1.807, 2.05) is 47.0 Å². The lowest BCUT2D eigenvalue weighted by Gasteiger charge is -2.11. The summed E-state index contributed by atoms with van der Waals surface area (Å²) in [6, 6.07) is 22.5. The molecule has 4 rings (SSSR count). The number of hydrogen-bond donors (Lipinski definition) is 1. The zero-order chi connectivity index (χ0) is 19.5. The number of nitrogens with zero attached hydrogens (tertiary/aromatic N) is 3. The van der Waals surface area contributed by atoms with Gasteiger partial charge in [0.15, 0.2) is 5.16 Å². The van der Waals surface area contributed by atoms with Gasteiger partial charge in [-0.15, -0.1) is 10.2 Å². The van der Waals surface area contributed by atoms with Gasteiger partial charge in [-0.3, -0.25) is 9.36 Å². The molecule has 5 nitrogen and oxygen atoms in total. The molecule has 140 valence electrons. The van der Waals surface area contributed by atoms with Crippen LogP contribution in [0, 0.1) is 3.57 Å². The Labute approximate surface area is 179 Å². The van der Waals surface area contributed by atoms with Crippen molar-refractivity contribution in [3.63, 3.8) is 0 Å². The van der Waals surface area contributed by atoms with E-state index >= 15 is 0 Å². The number of benzene rings is 3. The molecule has 0 bridgehead atoms. The van der Waals surface area contributed by atoms with E-state index < -0.39 is 5.97 Å². The highest BCUT2D eigenvalue weighted by atomic mass is 127. The molecule has 0 saturated heterocycles. The summed E-state index contributed by atoms with van der Waals surface area (Å²) in [5.41, 5.74) is 2.08. The van der Waals surface area contributed by atoms with Crippen molar-refractivity contribution in [2.75, 3.05) is 5.75 Å². The molecule has 0 fully saturated rings. The van der Waals surface area contributed by atoms with Gasteiger partial charge in [0.05, 0.1) is 5.75 Å². The number of aromatic nitrogens is 3. The van der Waals surface area contributed by atoms with Gasteiger partial charge in [-0.25, -0.2) is 0 Å². The summed E-state index contributed by atoms with van der Waals surface area (Å²) in [7, 11) is 0. The van der Waals surface area contributed by atoms with E-state index in [0.29, 0.717) is 11.6 Å². The quantitative estimate of drug-likeness (QED) is 0.304. The molecule has 0 radical (unpaired) electrons. The molecule has 1 aromatic heterocycles. The number of carboxylic acids is 1. The molecule has 7 heteroatoms. The van der Waals surface area contributed by atoms with Gasteiger partial charge in [0.1, 0.15) is 5.82 Å². The Morgan fingerprint density at radius 3 is 2.54 bits per heavy atom. The number of hydrogen-bond acceptors (Lipinski definition) is 4. The molecule has 1 heterocycles. The first-order valence-corrected chi connectivity index (χ1v) is 10.7. The van der Waals surface area contributed by atoms with Crippen LogP contribution in [-0.2, 0) is 11.2 Å². The lowest BCUT2D eigenvalue weighted by atomic mass is 10.0. The maximum absolute atomic E-state index is 11.0. The normalized spacial score (nSPS) is 11.0. The fourth-order valence-corrected chi connectivity index (χ4v) is 4.15. The van der Waals surface area contributed by atoms with E-state index in [9.17, 15) is 4.79 Å². The third-order valence-electron chi connectivity index (χ3n) is 4.34. The Morgan fingerprint density at radius 2 is 1.75 bits per heavy atom. The molecular formula is C21H16IN3O2S. The van der Waals surface area contributed by atoms with Crippen LogP contribution in [0.4, 0.5) is 0 Å². The zero-order valence-electron chi connectivity index (χ0n) is 14.7. The molecule has 0 spiro atoms. The Kier molecular flexibility index (Phi) is 5.63. The van der Waals surface area contributed by atoms with Crippen molar-refractivity contribution in [1.29, 1.82) is 0 Å². The third kappa shape index (κ3) is 4.05. The molecule has 3 aromatic carbocycles. The van der Waals surface area contributed by atoms with Crippen LogP contribution in [0.25, 0.3) is 16.5 Å². The molecule has 0 aliphatic carbocycles. The van der Waals surface area contributed by atoms with E-state index in [2.05, 4.69) is 57.1 Å². The zero-order valence-corrected chi connectivity index (χ0v) is 17.7. The highest BCUT2D eigenvalue weighted by Crippen LogP contribution is 2.26. The minimum Gasteiger partial charge on any atom is -0.481 e. The van der Waals surface area contributed by atoms with E-state index in [1.165, 1.54) is 22.5 Å². The fourth-order valence-electron chi connectivity index (χ4n) is 3.10. The average Bonchev–Trinajstić information content (AvgIpc) is 3.10. The number of aliphatic carboxylic acids is 1. The standard InChI is InChI=1S/C21H16IN3O2S/c22-16-8-10-17(11-9-16)25-19(23-24-21(25)28-13-20(26)27)12-15-6-3-5-14-4-1-2-7-18(14)15/h1-11H,12-13H2,(H,26,27). The summed E-state index contributed by atoms with van der Waals surface area (Å²) < 4.78 is 3.08. The van der Waals surface area contributed by atoms with Crippen LogP contribution in [0.2, 0.25) is 0 Å². The second-order valence-electron chi connectivity index (χ2n) is 6.21. The summed E-state index contributed by atoms with van der Waals surface area (Å²) in [5, 5.41) is 20.7. The van der Waals surface area contributed by atoms with Crippen LogP contribution in [0.15, 0.2) is 71.9 Å². The van der Waals surface area contributed by atoms with Crippen LogP contribution in [0.5, 0.6) is 0 Å². The van der Waals surface area contributed by atoms with E-state index in [4.69, 9.17) is 5.11 Å². The monoisotopic (exact) mass is 501 g/mol. The number of rotatable bonds is 6. The summed E-state index contributed by atoms with van der Waals surface area (Å²) in [4.78, 5) is 11.0. The Balaban J connectivity index is 1.77. The van der Waals surface area contributed by atoms with E-state index in [1.54, 1.807) is 0 Å². The molecule has 0 amide bonds. The summed E-state index contributed by atoms with van der Waals surface area (Å²) in [6.07, 6.45) is 0.605. The van der Waals surface area contributed by atoms with Crippen molar-refractivity contribution < 1.29 is 9.90 Å². The Morgan fingerprint density at radius 1 is 1.00 bits per heavy atom. The molecule has 0 aliphatic heterocycles. The highest BCUT2D eigenvalue weighted by Gasteiger charge is 2.17. The van der Waals surface area contributed by atoms with Gasteiger partial charge in [-0.1, -0.05) is 54.2 Å². The van der Waals surface area contributed by atoms with Gasteiger partial charge in [-0.05, 0) is 63.2 Å². The number of carbonyl (C=O) groups is 1. The minimum atomic E-state index is -0.877. The molecule has 1 N–H and O–H groups in total. The highest BCUT2D eigenvalue weighted by molar-refractivity contribution is 14.1. The van der Waals surface area contributed by atoms with E-state index in [0.717, 1.165) is 20.6 Å². The van der Waals surface area contributed by atoms with Crippen LogP contribution in [0.3, 0.4) is 0 Å². The third-order valence-corrected chi connectivity index (χ3v) is 5.97. The molecular weight excluding hydrogens is 485 g/mol. The van der Waals surface area contributed by atoms with Crippen LogP contribution in [-0.4, -0.2) is 31.6 Å². The van der Waals surface area contributed by atoms with Gasteiger partial charge in [-0.2, -0.15) is 0 Å². The molecule has 0 saturated carbocycles. The first kappa shape index (κ1) is 18.9. The van der Waals surface area contributed by atoms with Gasteiger partial charge in [0, 0.05) is 15.7 Å². The average molecular weight is 501 g/mol. The van der Waals surface area contributed by atoms with Crippen molar-refractivity contribution >= 4 is 51.1 Å². The Hall–Kier alpha value is -2.39. The second kappa shape index (κ2) is 8.32. The van der Waals surface area contributed by atoms with Crippen LogP contribution in [0.1, 0.15) is 11.4 Å². The largest absolute Gasteiger partial charge is 0.481 e. The molecule has 0 atom stereocenters. The SMILES string of the molecule is O=C(O)CSc1nnc(Cc2cccc3ccccc23)n1-c1ccc(I)cc1. The smallest absolute Gasteiger partial charge is 0.313 e. The van der Waals surface area contributed by atoms with Gasteiger partial charge in [0.25, 0.3) is 0 Å². The predicted molar refractivity (Wildman–Crippen MR) is 119 cm³/mol. The number of fused-ring (bicyclic) bond motifs is 1. The van der Waals surface area contributed by atoms with Crippen molar-refractivity contribution in [2.45, 2.75) is 11.6 Å². The van der Waals surface area contributed by atoms with Crippen molar-refractivity contribution in [1.82, 2.24) is 14.8 Å². The molecule has 28 heavy (non-hydrogen) atoms. The lowest BCUT2D eigenvalue weighted by molar-refractivity contribution is -0.133. The van der Waals surface area contributed by atoms with E-state index in [-0.39, 0.29) is 5.75 Å². The topological polar surface area (TPSA) is 68.0 Å². The van der Waals surface area contributed by atoms with Crippen molar-refractivity contribution in [3.8, 4) is 5.69 Å². The van der Waals surface area contributed by atoms with Crippen LogP contribution >= 0.6 is 34.4 Å². The number of halogens is 1. The van der Waals surface area contributed by atoms with Gasteiger partial charge >= 0.3 is 5.97 Å². The summed E-state index contributed by atoms with van der Waals surface area (Å²) in [6.45, 7) is 0. The second-order valence-corrected chi connectivity index (χ2v) is 8.40. The first-order valence-electron chi connectivity index (χ1n) is 8.63. The summed E-state index contributed by atoms with van der Waals surface area (Å²) in [5.74, 6) is -0.153. The first-order chi connectivity index (χ1) is 13.6. The summed E-state index contributed by atoms with van der Waals surface area (Å²) >= 11 is 3.44. The van der Waals surface area contributed by atoms with Gasteiger partial charge < -0.3 is 5.11 Å². The fraction of sp³-hybridized carbons (Fsp3) is 0.0952. The Bertz CT molecular complexity index is 1140. The number of carboxylic acid groups (broad SMARTS) is 1. The number of thioether (sulfide) groups is 1. The molecule has 0 aliphatic rings. The maximum Gasteiger partial charge on any atom is 0.313 e. The van der Waals surface area contributed by atoms with Crippen molar-refractivity contribution in [2.24, 2.45) is 0 Å². The van der Waals surface area contributed by atoms with Crippen LogP contribution < -0.4 is 0 Å². The lowest BCUT2D eigenvalue weighted by Crippen LogP contribution is -2.06.